The van der Waals surface area contributed by atoms with Crippen LogP contribution in [0.25, 0.3) is 11.3 Å². The minimum atomic E-state index is -3.22. The molecule has 0 spiro atoms. The Bertz CT molecular complexity index is 986. The van der Waals surface area contributed by atoms with Crippen molar-refractivity contribution in [1.29, 1.82) is 0 Å². The maximum absolute atomic E-state index is 12.7. The first-order chi connectivity index (χ1) is 14.8. The van der Waals surface area contributed by atoms with Gasteiger partial charge in [-0.2, -0.15) is 13.9 Å². The number of methoxy groups -OCH3 is 1. The molecule has 0 saturated carbocycles. The zero-order chi connectivity index (χ0) is 22.9. The number of rotatable bonds is 12. The third kappa shape index (κ3) is 7.27. The molecule has 0 fully saturated rings. The van der Waals surface area contributed by atoms with E-state index >= 15 is 0 Å². The van der Waals surface area contributed by atoms with Gasteiger partial charge in [0.25, 0.3) is 5.56 Å². The first kappa shape index (κ1) is 24.7. The van der Waals surface area contributed by atoms with E-state index in [4.69, 9.17) is 13.8 Å². The molecule has 31 heavy (non-hydrogen) atoms. The molecule has 0 aliphatic carbocycles. The molecule has 1 aromatic heterocycles. The Balaban J connectivity index is 2.21. The monoisotopic (exact) mass is 458 g/mol. The van der Waals surface area contributed by atoms with Gasteiger partial charge in [-0.25, -0.2) is 4.68 Å². The summed E-state index contributed by atoms with van der Waals surface area (Å²) >= 11 is 0. The van der Waals surface area contributed by atoms with Crippen LogP contribution in [0.15, 0.2) is 47.3 Å². The molecule has 2 aromatic rings. The van der Waals surface area contributed by atoms with Crippen molar-refractivity contribution < 1.29 is 31.9 Å². The highest BCUT2D eigenvalue weighted by atomic mass is 31.2. The highest BCUT2D eigenvalue weighted by Gasteiger charge is 2.21. The van der Waals surface area contributed by atoms with Gasteiger partial charge in [0.15, 0.2) is 11.5 Å². The van der Waals surface area contributed by atoms with Gasteiger partial charge < -0.3 is 18.5 Å². The van der Waals surface area contributed by atoms with Crippen molar-refractivity contribution >= 4 is 7.60 Å². The van der Waals surface area contributed by atoms with Crippen molar-refractivity contribution in [3.8, 4) is 22.8 Å². The van der Waals surface area contributed by atoms with E-state index in [-0.39, 0.29) is 43.0 Å². The van der Waals surface area contributed by atoms with Crippen LogP contribution in [0, 0.1) is 0 Å². The summed E-state index contributed by atoms with van der Waals surface area (Å²) in [4.78, 5) is 12.1. The van der Waals surface area contributed by atoms with E-state index in [1.165, 1.54) is 36.1 Å². The first-order valence-electron chi connectivity index (χ1n) is 9.56. The van der Waals surface area contributed by atoms with Gasteiger partial charge in [-0.1, -0.05) is 12.2 Å². The predicted molar refractivity (Wildman–Crippen MR) is 112 cm³/mol. The second kappa shape index (κ2) is 11.7. The highest BCUT2D eigenvalue weighted by Crippen LogP contribution is 2.47. The third-order valence-electron chi connectivity index (χ3n) is 3.97. The van der Waals surface area contributed by atoms with Gasteiger partial charge in [-0.3, -0.25) is 9.36 Å². The van der Waals surface area contributed by atoms with E-state index in [0.29, 0.717) is 11.3 Å². The molecule has 0 bridgehead atoms. The minimum absolute atomic E-state index is 0.0654. The van der Waals surface area contributed by atoms with Crippen LogP contribution < -0.4 is 15.0 Å². The predicted octanol–water partition coefficient (Wildman–Crippen LogP) is 4.34. The normalized spacial score (nSPS) is 11.9. The lowest BCUT2D eigenvalue weighted by molar-refractivity contribution is -0.0511. The average molecular weight is 458 g/mol. The number of aromatic nitrogens is 2. The molecule has 0 aliphatic rings. The van der Waals surface area contributed by atoms with Crippen LogP contribution in [0.4, 0.5) is 8.78 Å². The van der Waals surface area contributed by atoms with Gasteiger partial charge in [0.05, 0.1) is 38.7 Å². The summed E-state index contributed by atoms with van der Waals surface area (Å²) in [5.41, 5.74) is 0.485. The summed E-state index contributed by atoms with van der Waals surface area (Å²) < 4.78 is 58.9. The molecule has 8 nitrogen and oxygen atoms in total. The largest absolute Gasteiger partial charge is 0.493 e. The van der Waals surface area contributed by atoms with E-state index in [1.54, 1.807) is 32.1 Å². The van der Waals surface area contributed by atoms with Crippen LogP contribution in [-0.4, -0.2) is 42.9 Å². The van der Waals surface area contributed by atoms with Gasteiger partial charge in [0.2, 0.25) is 0 Å². The number of hydrogen-bond donors (Lipinski definition) is 0. The molecule has 0 radical (unpaired) electrons. The molecule has 11 heteroatoms. The Kier molecular flexibility index (Phi) is 9.36. The number of benzene rings is 1. The molecule has 0 atom stereocenters. The van der Waals surface area contributed by atoms with Crippen LogP contribution in [0.2, 0.25) is 0 Å². The molecule has 0 N–H and O–H groups in total. The van der Waals surface area contributed by atoms with Crippen molar-refractivity contribution in [2.45, 2.75) is 27.0 Å². The van der Waals surface area contributed by atoms with E-state index in [1.807, 2.05) is 0 Å². The average Bonchev–Trinajstić information content (AvgIpc) is 2.72. The maximum atomic E-state index is 12.7. The van der Waals surface area contributed by atoms with Crippen LogP contribution >= 0.6 is 7.60 Å². The van der Waals surface area contributed by atoms with Crippen LogP contribution in [0.5, 0.6) is 11.5 Å². The summed E-state index contributed by atoms with van der Waals surface area (Å²) in [6.07, 6.45) is 3.30. The number of ether oxygens (including phenoxy) is 2. The smallest absolute Gasteiger partial charge is 0.387 e. The van der Waals surface area contributed by atoms with Gasteiger partial charge in [-0.15, -0.1) is 0 Å². The molecule has 0 unspecified atom stereocenters. The van der Waals surface area contributed by atoms with Gasteiger partial charge in [0.1, 0.15) is 0 Å². The zero-order valence-corrected chi connectivity index (χ0v) is 18.4. The summed E-state index contributed by atoms with van der Waals surface area (Å²) in [5.74, 6) is 0.00498. The summed E-state index contributed by atoms with van der Waals surface area (Å²) in [6, 6.07) is 7.25. The fraction of sp³-hybridized carbons (Fsp3) is 0.400. The molecular formula is C20H25F2N2O6P. The fourth-order valence-corrected chi connectivity index (χ4v) is 4.15. The van der Waals surface area contributed by atoms with Crippen molar-refractivity contribution in [3.63, 3.8) is 0 Å². The van der Waals surface area contributed by atoms with Crippen LogP contribution in [0.3, 0.4) is 0 Å². The molecule has 170 valence electrons. The number of nitrogens with zero attached hydrogens (tertiary/aromatic N) is 2. The van der Waals surface area contributed by atoms with Crippen molar-refractivity contribution in [1.82, 2.24) is 9.78 Å². The Morgan fingerprint density at radius 3 is 2.42 bits per heavy atom. The Hall–Kier alpha value is -2.55. The molecule has 1 aromatic carbocycles. The van der Waals surface area contributed by atoms with E-state index < -0.39 is 14.2 Å². The number of halogens is 2. The van der Waals surface area contributed by atoms with E-state index in [0.717, 1.165) is 0 Å². The summed E-state index contributed by atoms with van der Waals surface area (Å²) in [7, 11) is -1.88. The molecular weight excluding hydrogens is 433 g/mol. The highest BCUT2D eigenvalue weighted by molar-refractivity contribution is 7.54. The first-order valence-corrected chi connectivity index (χ1v) is 11.3. The molecule has 0 amide bonds. The lowest BCUT2D eigenvalue weighted by Gasteiger charge is -2.14. The lowest BCUT2D eigenvalue weighted by Crippen LogP contribution is -2.21. The topological polar surface area (TPSA) is 88.9 Å². The van der Waals surface area contributed by atoms with Crippen molar-refractivity contribution in [3.05, 3.63) is 52.8 Å². The summed E-state index contributed by atoms with van der Waals surface area (Å²) in [6.45, 7) is 1.06. The Labute approximate surface area is 178 Å². The van der Waals surface area contributed by atoms with E-state index in [2.05, 4.69) is 9.84 Å². The van der Waals surface area contributed by atoms with Crippen LogP contribution in [-0.2, 0) is 20.2 Å². The standard InChI is InChI=1S/C20H25F2N2O6P/c1-4-28-31(26,29-5-2)13-7-6-12-24-19(25)11-9-16(23-24)15-8-10-17(27-3)18(14-15)30-20(21)22/h6-11,14,20H,4-5,12-13H2,1-3H3. The number of hydrogen-bond acceptors (Lipinski definition) is 7. The number of allylic oxidation sites excluding steroid dienone is 2. The van der Waals surface area contributed by atoms with Gasteiger partial charge in [0, 0.05) is 11.6 Å². The Morgan fingerprint density at radius 2 is 1.81 bits per heavy atom. The SMILES string of the molecule is CCOP(=O)(CC=CCn1nc(-c2ccc(OC)c(OC(F)F)c2)ccc1=O)OCC. The Morgan fingerprint density at radius 1 is 1.10 bits per heavy atom. The number of alkyl halides is 2. The molecule has 0 aliphatic heterocycles. The molecule has 2 rings (SSSR count). The quantitative estimate of drug-likeness (QED) is 0.345. The van der Waals surface area contributed by atoms with E-state index in [9.17, 15) is 18.1 Å². The minimum Gasteiger partial charge on any atom is -0.493 e. The zero-order valence-electron chi connectivity index (χ0n) is 17.5. The second-order valence-electron chi connectivity index (χ2n) is 6.08. The van der Waals surface area contributed by atoms with Crippen molar-refractivity contribution in [2.24, 2.45) is 0 Å². The van der Waals surface area contributed by atoms with Gasteiger partial charge in [-0.05, 0) is 38.1 Å². The third-order valence-corrected chi connectivity index (χ3v) is 5.93. The van der Waals surface area contributed by atoms with Gasteiger partial charge >= 0.3 is 14.2 Å². The molecule has 0 saturated heterocycles. The maximum Gasteiger partial charge on any atom is 0.387 e. The van der Waals surface area contributed by atoms with Crippen molar-refractivity contribution in [2.75, 3.05) is 26.5 Å². The fourth-order valence-electron chi connectivity index (χ4n) is 2.67. The second-order valence-corrected chi connectivity index (χ2v) is 8.19. The summed E-state index contributed by atoms with van der Waals surface area (Å²) in [5, 5.41) is 4.26. The van der Waals surface area contributed by atoms with Crippen LogP contribution in [0.1, 0.15) is 13.8 Å². The lowest BCUT2D eigenvalue weighted by atomic mass is 10.1. The molecule has 1 heterocycles.